The lowest BCUT2D eigenvalue weighted by atomic mass is 10.1. The summed E-state index contributed by atoms with van der Waals surface area (Å²) in [5.74, 6) is -0.814. The average Bonchev–Trinajstić information content (AvgIpc) is 2.41. The molecule has 0 aliphatic carbocycles. The Morgan fingerprint density at radius 3 is 2.45 bits per heavy atom. The van der Waals surface area contributed by atoms with Crippen LogP contribution in [0, 0.1) is 11.6 Å². The Hall–Kier alpha value is -1.94. The molecule has 1 atom stereocenters. The van der Waals surface area contributed by atoms with E-state index in [2.05, 4.69) is 0 Å². The van der Waals surface area contributed by atoms with Gasteiger partial charge in [0, 0.05) is 17.8 Å². The van der Waals surface area contributed by atoms with Crippen LogP contribution in [-0.2, 0) is 0 Å². The molecule has 0 bridgehead atoms. The standard InChI is InChI=1S/C16H17F2NO/c1-3-19(13-7-4-6-12(17)10-13)16-14(11(2)20)8-5-9-15(16)18/h4-11,20H,3H2,1-2H3/t11-/m0/s1. The predicted molar refractivity (Wildman–Crippen MR) is 76.1 cm³/mol. The molecule has 0 fully saturated rings. The number of para-hydroxylation sites is 1. The van der Waals surface area contributed by atoms with Crippen LogP contribution in [0.5, 0.6) is 0 Å². The second-order valence-corrected chi connectivity index (χ2v) is 4.58. The zero-order chi connectivity index (χ0) is 14.7. The van der Waals surface area contributed by atoms with Crippen LogP contribution in [-0.4, -0.2) is 11.7 Å². The van der Waals surface area contributed by atoms with Crippen molar-refractivity contribution in [2.75, 3.05) is 11.4 Å². The van der Waals surface area contributed by atoms with Crippen LogP contribution in [0.1, 0.15) is 25.5 Å². The van der Waals surface area contributed by atoms with E-state index in [0.717, 1.165) is 0 Å². The Labute approximate surface area is 117 Å². The van der Waals surface area contributed by atoms with Gasteiger partial charge in [-0.2, -0.15) is 0 Å². The van der Waals surface area contributed by atoms with E-state index in [-0.39, 0.29) is 11.5 Å². The van der Waals surface area contributed by atoms with Gasteiger partial charge in [0.1, 0.15) is 11.6 Å². The van der Waals surface area contributed by atoms with Gasteiger partial charge in [0.2, 0.25) is 0 Å². The predicted octanol–water partition coefficient (Wildman–Crippen LogP) is 4.18. The molecule has 2 nitrogen and oxygen atoms in total. The first kappa shape index (κ1) is 14.5. The van der Waals surface area contributed by atoms with E-state index in [0.29, 0.717) is 17.8 Å². The molecule has 20 heavy (non-hydrogen) atoms. The molecule has 0 heterocycles. The normalized spacial score (nSPS) is 12.2. The van der Waals surface area contributed by atoms with E-state index in [4.69, 9.17) is 0 Å². The van der Waals surface area contributed by atoms with E-state index in [1.165, 1.54) is 18.2 Å². The molecule has 0 aromatic heterocycles. The SMILES string of the molecule is CCN(c1cccc(F)c1)c1c(F)cccc1[C@H](C)O. The number of anilines is 2. The Bertz CT molecular complexity index is 599. The third-order valence-corrected chi connectivity index (χ3v) is 3.17. The van der Waals surface area contributed by atoms with Crippen molar-refractivity contribution in [2.45, 2.75) is 20.0 Å². The van der Waals surface area contributed by atoms with Gasteiger partial charge in [-0.1, -0.05) is 18.2 Å². The van der Waals surface area contributed by atoms with Crippen LogP contribution in [0.25, 0.3) is 0 Å². The topological polar surface area (TPSA) is 23.5 Å². The molecule has 0 spiro atoms. The molecule has 106 valence electrons. The third kappa shape index (κ3) is 2.80. The highest BCUT2D eigenvalue weighted by Gasteiger charge is 2.19. The third-order valence-electron chi connectivity index (χ3n) is 3.17. The molecule has 1 N–H and O–H groups in total. The summed E-state index contributed by atoms with van der Waals surface area (Å²) in [5.41, 5.74) is 1.33. The molecular weight excluding hydrogens is 260 g/mol. The first-order valence-electron chi connectivity index (χ1n) is 6.54. The van der Waals surface area contributed by atoms with Crippen LogP contribution in [0.4, 0.5) is 20.2 Å². The molecule has 0 amide bonds. The Morgan fingerprint density at radius 1 is 1.15 bits per heavy atom. The van der Waals surface area contributed by atoms with Gasteiger partial charge in [0.25, 0.3) is 0 Å². The number of hydrogen-bond donors (Lipinski definition) is 1. The lowest BCUT2D eigenvalue weighted by Gasteiger charge is -2.27. The van der Waals surface area contributed by atoms with Gasteiger partial charge in [-0.15, -0.1) is 0 Å². The number of nitrogens with zero attached hydrogens (tertiary/aromatic N) is 1. The summed E-state index contributed by atoms with van der Waals surface area (Å²) in [6.07, 6.45) is -0.802. The number of hydrogen-bond acceptors (Lipinski definition) is 2. The molecule has 2 rings (SSSR count). The lowest BCUT2D eigenvalue weighted by molar-refractivity contribution is 0.199. The quantitative estimate of drug-likeness (QED) is 0.906. The number of aliphatic hydroxyl groups is 1. The van der Waals surface area contributed by atoms with Crippen LogP contribution >= 0.6 is 0 Å². The fourth-order valence-corrected chi connectivity index (χ4v) is 2.27. The van der Waals surface area contributed by atoms with E-state index in [9.17, 15) is 13.9 Å². The molecule has 0 aliphatic heterocycles. The van der Waals surface area contributed by atoms with Crippen molar-refractivity contribution in [1.82, 2.24) is 0 Å². The minimum atomic E-state index is -0.802. The smallest absolute Gasteiger partial charge is 0.147 e. The molecule has 2 aromatic rings. The second-order valence-electron chi connectivity index (χ2n) is 4.58. The number of benzene rings is 2. The van der Waals surface area contributed by atoms with Crippen molar-refractivity contribution in [3.05, 3.63) is 59.7 Å². The van der Waals surface area contributed by atoms with Gasteiger partial charge < -0.3 is 10.0 Å². The molecular formula is C16H17F2NO. The zero-order valence-corrected chi connectivity index (χ0v) is 11.5. The van der Waals surface area contributed by atoms with Gasteiger partial charge in [-0.25, -0.2) is 8.78 Å². The average molecular weight is 277 g/mol. The monoisotopic (exact) mass is 277 g/mol. The number of aliphatic hydroxyl groups excluding tert-OH is 1. The maximum Gasteiger partial charge on any atom is 0.147 e. The van der Waals surface area contributed by atoms with Crippen molar-refractivity contribution >= 4 is 11.4 Å². The maximum atomic E-state index is 14.2. The van der Waals surface area contributed by atoms with Crippen LogP contribution in [0.2, 0.25) is 0 Å². The summed E-state index contributed by atoms with van der Waals surface area (Å²) < 4.78 is 27.6. The molecule has 0 saturated carbocycles. The van der Waals surface area contributed by atoms with Gasteiger partial charge in [-0.3, -0.25) is 0 Å². The summed E-state index contributed by atoms with van der Waals surface area (Å²) in [6, 6.07) is 10.5. The van der Waals surface area contributed by atoms with E-state index in [1.807, 2.05) is 6.92 Å². The molecule has 2 aromatic carbocycles. The zero-order valence-electron chi connectivity index (χ0n) is 11.5. The lowest BCUT2D eigenvalue weighted by Crippen LogP contribution is -2.20. The van der Waals surface area contributed by atoms with Crippen LogP contribution in [0.3, 0.4) is 0 Å². The maximum absolute atomic E-state index is 14.2. The first-order chi connectivity index (χ1) is 9.54. The van der Waals surface area contributed by atoms with Gasteiger partial charge >= 0.3 is 0 Å². The Kier molecular flexibility index (Phi) is 4.35. The molecule has 0 aliphatic rings. The van der Waals surface area contributed by atoms with Crippen LogP contribution in [0.15, 0.2) is 42.5 Å². The van der Waals surface area contributed by atoms with Crippen molar-refractivity contribution in [1.29, 1.82) is 0 Å². The van der Waals surface area contributed by atoms with Crippen LogP contribution < -0.4 is 4.90 Å². The highest BCUT2D eigenvalue weighted by atomic mass is 19.1. The fourth-order valence-electron chi connectivity index (χ4n) is 2.27. The van der Waals surface area contributed by atoms with Gasteiger partial charge in [0.05, 0.1) is 11.8 Å². The molecule has 0 saturated heterocycles. The van der Waals surface area contributed by atoms with Crippen molar-refractivity contribution in [3.8, 4) is 0 Å². The van der Waals surface area contributed by atoms with Crippen molar-refractivity contribution in [2.24, 2.45) is 0 Å². The summed E-state index contributed by atoms with van der Waals surface area (Å²) in [4.78, 5) is 1.65. The van der Waals surface area contributed by atoms with Crippen molar-refractivity contribution in [3.63, 3.8) is 0 Å². The summed E-state index contributed by atoms with van der Waals surface area (Å²) >= 11 is 0. The van der Waals surface area contributed by atoms with Gasteiger partial charge in [-0.05, 0) is 38.1 Å². The second kappa shape index (κ2) is 6.01. The minimum Gasteiger partial charge on any atom is -0.389 e. The minimum absolute atomic E-state index is 0.288. The fraction of sp³-hybridized carbons (Fsp3) is 0.250. The van der Waals surface area contributed by atoms with E-state index in [1.54, 1.807) is 36.1 Å². The number of rotatable bonds is 4. The Balaban J connectivity index is 2.57. The highest BCUT2D eigenvalue weighted by molar-refractivity contribution is 5.67. The summed E-state index contributed by atoms with van der Waals surface area (Å²) in [7, 11) is 0. The molecule has 4 heteroatoms. The van der Waals surface area contributed by atoms with E-state index < -0.39 is 11.9 Å². The summed E-state index contributed by atoms with van der Waals surface area (Å²) in [6.45, 7) is 3.89. The number of halogens is 2. The highest BCUT2D eigenvalue weighted by Crippen LogP contribution is 2.34. The largest absolute Gasteiger partial charge is 0.389 e. The van der Waals surface area contributed by atoms with E-state index >= 15 is 0 Å². The molecule has 0 radical (unpaired) electrons. The Morgan fingerprint density at radius 2 is 1.85 bits per heavy atom. The van der Waals surface area contributed by atoms with Crippen molar-refractivity contribution < 1.29 is 13.9 Å². The first-order valence-corrected chi connectivity index (χ1v) is 6.54. The summed E-state index contributed by atoms with van der Waals surface area (Å²) in [5, 5.41) is 9.81. The van der Waals surface area contributed by atoms with Gasteiger partial charge in [0.15, 0.2) is 0 Å². The molecule has 0 unspecified atom stereocenters.